The van der Waals surface area contributed by atoms with Crippen molar-refractivity contribution in [3.8, 4) is 5.75 Å². The second kappa shape index (κ2) is 6.24. The summed E-state index contributed by atoms with van der Waals surface area (Å²) in [6.07, 6.45) is 0. The Morgan fingerprint density at radius 3 is 2.70 bits per heavy atom. The van der Waals surface area contributed by atoms with E-state index in [4.69, 9.17) is 16.3 Å². The van der Waals surface area contributed by atoms with Crippen LogP contribution in [0.25, 0.3) is 0 Å². The van der Waals surface area contributed by atoms with Gasteiger partial charge in [-0.3, -0.25) is 4.79 Å². The van der Waals surface area contributed by atoms with E-state index in [9.17, 15) is 9.18 Å². The van der Waals surface area contributed by atoms with Gasteiger partial charge in [0.1, 0.15) is 0 Å². The number of methoxy groups -OCH3 is 1. The highest BCUT2D eigenvalue weighted by Crippen LogP contribution is 2.27. The molecule has 6 heteroatoms. The minimum Gasteiger partial charge on any atom is -0.494 e. The second-order valence-electron chi connectivity index (χ2n) is 4.19. The highest BCUT2D eigenvalue weighted by atomic mass is 35.5. The average Bonchev–Trinajstić information content (AvgIpc) is 2.85. The van der Waals surface area contributed by atoms with Gasteiger partial charge in [0.2, 0.25) is 0 Å². The predicted molar refractivity (Wildman–Crippen MR) is 78.2 cm³/mol. The summed E-state index contributed by atoms with van der Waals surface area (Å²) in [7, 11) is 1.38. The number of halogens is 2. The fraction of sp³-hybridized carbons (Fsp3) is 0.214. The molecule has 1 aromatic carbocycles. The summed E-state index contributed by atoms with van der Waals surface area (Å²) in [5.74, 6) is -0.796. The van der Waals surface area contributed by atoms with Gasteiger partial charge in [0.05, 0.1) is 17.5 Å². The normalized spacial score (nSPS) is 12.0. The largest absolute Gasteiger partial charge is 0.494 e. The molecule has 1 aromatic heterocycles. The van der Waals surface area contributed by atoms with Crippen LogP contribution in [0.3, 0.4) is 0 Å². The van der Waals surface area contributed by atoms with E-state index in [1.165, 1.54) is 30.6 Å². The average molecular weight is 314 g/mol. The van der Waals surface area contributed by atoms with Crippen molar-refractivity contribution >= 4 is 28.8 Å². The maximum Gasteiger partial charge on any atom is 0.251 e. The van der Waals surface area contributed by atoms with Crippen molar-refractivity contribution in [3.63, 3.8) is 0 Å². The number of carbonyl (C=O) groups is 1. The Morgan fingerprint density at radius 1 is 1.40 bits per heavy atom. The van der Waals surface area contributed by atoms with Crippen molar-refractivity contribution in [2.75, 3.05) is 7.11 Å². The zero-order valence-electron chi connectivity index (χ0n) is 10.9. The number of benzene rings is 1. The molecule has 1 N–H and O–H groups in total. The van der Waals surface area contributed by atoms with Crippen molar-refractivity contribution in [3.05, 3.63) is 50.9 Å². The zero-order chi connectivity index (χ0) is 14.7. The molecule has 1 heterocycles. The standard InChI is InChI=1S/C14H13ClFNO2S/c1-8(12-5-6-13(15)20-12)17-14(18)9-3-4-11(19-2)10(16)7-9/h3-8H,1-2H3,(H,17,18). The van der Waals surface area contributed by atoms with E-state index >= 15 is 0 Å². The Balaban J connectivity index is 2.10. The van der Waals surface area contributed by atoms with Crippen LogP contribution < -0.4 is 10.1 Å². The summed E-state index contributed by atoms with van der Waals surface area (Å²) in [5.41, 5.74) is 0.248. The summed E-state index contributed by atoms with van der Waals surface area (Å²) < 4.78 is 19.0. The van der Waals surface area contributed by atoms with Crippen molar-refractivity contribution in [2.45, 2.75) is 13.0 Å². The van der Waals surface area contributed by atoms with Crippen LogP contribution in [0.5, 0.6) is 5.75 Å². The molecule has 0 aliphatic rings. The molecule has 106 valence electrons. The highest BCUT2D eigenvalue weighted by molar-refractivity contribution is 7.16. The van der Waals surface area contributed by atoms with Crippen LogP contribution in [0.15, 0.2) is 30.3 Å². The highest BCUT2D eigenvalue weighted by Gasteiger charge is 2.14. The number of rotatable bonds is 4. The lowest BCUT2D eigenvalue weighted by atomic mass is 10.1. The molecule has 1 unspecified atom stereocenters. The van der Waals surface area contributed by atoms with Gasteiger partial charge in [-0.25, -0.2) is 4.39 Å². The van der Waals surface area contributed by atoms with Gasteiger partial charge in [-0.1, -0.05) is 11.6 Å². The lowest BCUT2D eigenvalue weighted by molar-refractivity contribution is 0.0940. The van der Waals surface area contributed by atoms with Gasteiger partial charge in [-0.2, -0.15) is 0 Å². The molecule has 0 bridgehead atoms. The summed E-state index contributed by atoms with van der Waals surface area (Å²) in [6.45, 7) is 1.85. The molecule has 0 fully saturated rings. The third kappa shape index (κ3) is 3.29. The van der Waals surface area contributed by atoms with E-state index < -0.39 is 5.82 Å². The fourth-order valence-electron chi connectivity index (χ4n) is 1.72. The Bertz CT molecular complexity index is 629. The minimum atomic E-state index is -0.563. The Kier molecular flexibility index (Phi) is 4.62. The zero-order valence-corrected chi connectivity index (χ0v) is 12.5. The maximum absolute atomic E-state index is 13.6. The monoisotopic (exact) mass is 313 g/mol. The first-order valence-electron chi connectivity index (χ1n) is 5.91. The molecule has 1 atom stereocenters. The Labute approximate surface area is 125 Å². The van der Waals surface area contributed by atoms with Crippen molar-refractivity contribution in [1.29, 1.82) is 0 Å². The molecule has 0 radical (unpaired) electrons. The molecule has 0 aliphatic heterocycles. The summed E-state index contributed by atoms with van der Waals surface area (Å²) in [4.78, 5) is 13.0. The number of carbonyl (C=O) groups excluding carboxylic acids is 1. The van der Waals surface area contributed by atoms with Crippen LogP contribution in [-0.4, -0.2) is 13.0 Å². The lowest BCUT2D eigenvalue weighted by Gasteiger charge is -2.12. The van der Waals surface area contributed by atoms with E-state index in [2.05, 4.69) is 5.32 Å². The van der Waals surface area contributed by atoms with E-state index in [1.54, 1.807) is 6.07 Å². The molecule has 3 nitrogen and oxygen atoms in total. The summed E-state index contributed by atoms with van der Waals surface area (Å²) in [5, 5.41) is 2.80. The number of thiophene rings is 1. The van der Waals surface area contributed by atoms with E-state index in [0.717, 1.165) is 10.9 Å². The SMILES string of the molecule is COc1ccc(C(=O)NC(C)c2ccc(Cl)s2)cc1F. The summed E-state index contributed by atoms with van der Waals surface area (Å²) in [6, 6.07) is 7.54. The van der Waals surface area contributed by atoms with Gasteiger partial charge in [0, 0.05) is 10.4 Å². The molecular formula is C14H13ClFNO2S. The van der Waals surface area contributed by atoms with Crippen LogP contribution in [0.4, 0.5) is 4.39 Å². The number of amides is 1. The number of nitrogens with one attached hydrogen (secondary N) is 1. The van der Waals surface area contributed by atoms with Gasteiger partial charge in [0.15, 0.2) is 11.6 Å². The van der Waals surface area contributed by atoms with Crippen molar-refractivity contribution < 1.29 is 13.9 Å². The minimum absolute atomic E-state index is 0.111. The van der Waals surface area contributed by atoms with Crippen LogP contribution >= 0.6 is 22.9 Å². The molecule has 0 aliphatic carbocycles. The molecule has 20 heavy (non-hydrogen) atoms. The Hall–Kier alpha value is -1.59. The van der Waals surface area contributed by atoms with Gasteiger partial charge in [-0.15, -0.1) is 11.3 Å². The van der Waals surface area contributed by atoms with Crippen LogP contribution in [0.2, 0.25) is 4.34 Å². The lowest BCUT2D eigenvalue weighted by Crippen LogP contribution is -2.26. The molecule has 1 amide bonds. The first-order chi connectivity index (χ1) is 9.51. The van der Waals surface area contributed by atoms with Crippen molar-refractivity contribution in [2.24, 2.45) is 0 Å². The van der Waals surface area contributed by atoms with Gasteiger partial charge >= 0.3 is 0 Å². The number of hydrogen-bond acceptors (Lipinski definition) is 3. The molecule has 2 rings (SSSR count). The molecular weight excluding hydrogens is 301 g/mol. The van der Waals surface area contributed by atoms with E-state index in [0.29, 0.717) is 4.34 Å². The number of ether oxygens (including phenoxy) is 1. The summed E-state index contributed by atoms with van der Waals surface area (Å²) >= 11 is 7.25. The van der Waals surface area contributed by atoms with Gasteiger partial charge in [-0.05, 0) is 37.3 Å². The number of hydrogen-bond donors (Lipinski definition) is 1. The molecule has 2 aromatic rings. The van der Waals surface area contributed by atoms with Crippen LogP contribution in [-0.2, 0) is 0 Å². The second-order valence-corrected chi connectivity index (χ2v) is 5.93. The third-order valence-corrected chi connectivity index (χ3v) is 4.20. The quantitative estimate of drug-likeness (QED) is 0.925. The van der Waals surface area contributed by atoms with Gasteiger partial charge in [0.25, 0.3) is 5.91 Å². The molecule has 0 saturated carbocycles. The Morgan fingerprint density at radius 2 is 2.15 bits per heavy atom. The molecule has 0 saturated heterocycles. The molecule has 0 spiro atoms. The topological polar surface area (TPSA) is 38.3 Å². The predicted octanol–water partition coefficient (Wildman–Crippen LogP) is 4.04. The van der Waals surface area contributed by atoms with Crippen LogP contribution in [0.1, 0.15) is 28.2 Å². The van der Waals surface area contributed by atoms with E-state index in [1.807, 2.05) is 13.0 Å². The maximum atomic E-state index is 13.6. The fourth-order valence-corrected chi connectivity index (χ4v) is 2.78. The van der Waals surface area contributed by atoms with Crippen LogP contribution in [0, 0.1) is 5.82 Å². The van der Waals surface area contributed by atoms with Crippen molar-refractivity contribution in [1.82, 2.24) is 5.32 Å². The first-order valence-corrected chi connectivity index (χ1v) is 7.10. The third-order valence-electron chi connectivity index (χ3n) is 2.78. The van der Waals surface area contributed by atoms with E-state index in [-0.39, 0.29) is 23.3 Å². The van der Waals surface area contributed by atoms with Gasteiger partial charge < -0.3 is 10.1 Å². The smallest absolute Gasteiger partial charge is 0.251 e. The first kappa shape index (κ1) is 14.8.